The summed E-state index contributed by atoms with van der Waals surface area (Å²) in [6.07, 6.45) is 15.7. The molecule has 20 atom stereocenters. The lowest BCUT2D eigenvalue weighted by atomic mass is 9.72. The van der Waals surface area contributed by atoms with Crippen LogP contribution in [-0.2, 0) is 0 Å². The molecule has 9 aliphatic rings. The van der Waals surface area contributed by atoms with E-state index in [1.807, 2.05) is 0 Å². The molecule has 5 saturated heterocycles. The molecule has 0 aromatic carbocycles. The van der Waals surface area contributed by atoms with Crippen LogP contribution in [0.2, 0.25) is 0 Å². The van der Waals surface area contributed by atoms with Crippen molar-refractivity contribution in [1.29, 1.82) is 0 Å². The Balaban J connectivity index is 1.08. The molecule has 44 heavy (non-hydrogen) atoms. The smallest absolute Gasteiger partial charge is 0.0644 e. The highest BCUT2D eigenvalue weighted by Crippen LogP contribution is 2.45. The average molecular weight is 613 g/mol. The lowest BCUT2D eigenvalue weighted by Crippen LogP contribution is -2.62. The van der Waals surface area contributed by atoms with Crippen molar-refractivity contribution in [3.8, 4) is 0 Å². The fourth-order valence-electron chi connectivity index (χ4n) is 12.5. The summed E-state index contributed by atoms with van der Waals surface area (Å²) < 4.78 is 0. The van der Waals surface area contributed by atoms with Gasteiger partial charge in [-0.05, 0) is 75.0 Å². The van der Waals surface area contributed by atoms with Crippen LogP contribution in [0.3, 0.4) is 0 Å². The van der Waals surface area contributed by atoms with E-state index >= 15 is 0 Å². The van der Waals surface area contributed by atoms with Crippen molar-refractivity contribution in [3.63, 3.8) is 0 Å². The molecule has 12 heteroatoms. The topological polar surface area (TPSA) is 200 Å². The SMILES string of the molecule is NC1CCCC2C3NC(NC4NC(NC5NC(NC6NC(N3)C3C(N)CCCC63)C3C(N)CCC(N)C53)C3CCCCC43)C12. The van der Waals surface area contributed by atoms with Crippen molar-refractivity contribution in [2.45, 2.75) is 151 Å². The fraction of sp³-hybridized carbons (Fsp3) is 1.00. The van der Waals surface area contributed by atoms with E-state index in [9.17, 15) is 0 Å². The van der Waals surface area contributed by atoms with E-state index in [0.29, 0.717) is 41.4 Å². The minimum Gasteiger partial charge on any atom is -0.327 e. The van der Waals surface area contributed by atoms with Crippen LogP contribution in [0.25, 0.3) is 0 Å². The van der Waals surface area contributed by atoms with Crippen LogP contribution >= 0.6 is 0 Å². The lowest BCUT2D eigenvalue weighted by molar-refractivity contribution is 0.137. The van der Waals surface area contributed by atoms with Crippen LogP contribution < -0.4 is 65.5 Å². The van der Waals surface area contributed by atoms with Crippen LogP contribution in [0.1, 0.15) is 77.0 Å². The zero-order valence-corrected chi connectivity index (χ0v) is 26.3. The summed E-state index contributed by atoms with van der Waals surface area (Å²) in [5.41, 5.74) is 27.8. The molecule has 0 aromatic rings. The van der Waals surface area contributed by atoms with Gasteiger partial charge in [-0.15, -0.1) is 0 Å². The molecular weight excluding hydrogens is 552 g/mol. The quantitative estimate of drug-likeness (QED) is 0.149. The highest BCUT2D eigenvalue weighted by atomic mass is 15.4. The first-order chi connectivity index (χ1) is 21.4. The highest BCUT2D eigenvalue weighted by Gasteiger charge is 2.57. The van der Waals surface area contributed by atoms with Gasteiger partial charge in [0.2, 0.25) is 0 Å². The van der Waals surface area contributed by atoms with Gasteiger partial charge in [0.05, 0.1) is 49.3 Å². The third-order valence-corrected chi connectivity index (χ3v) is 14.4. The third-order valence-electron chi connectivity index (χ3n) is 14.4. The Kier molecular flexibility index (Phi) is 7.81. The largest absolute Gasteiger partial charge is 0.327 e. The standard InChI is InChI=1S/C32H60N12/c33-17-9-3-7-15-21(17)29-38-25-13-5-1-2-6-14(13)26(37-25)39-31-23-19(35)11-12-20(36)24(23)32(44-31)43-28-16-8-4-10-18(34)22(16)30(42-28)41-27(15)40-29/h13-32,37-44H,1-12,33-36H2. The fourth-order valence-corrected chi connectivity index (χ4v) is 12.5. The van der Waals surface area contributed by atoms with Gasteiger partial charge in [-0.3, -0.25) is 42.5 Å². The Morgan fingerprint density at radius 2 is 0.568 bits per heavy atom. The predicted molar refractivity (Wildman–Crippen MR) is 171 cm³/mol. The molecular formula is C32H60N12. The van der Waals surface area contributed by atoms with Gasteiger partial charge in [0, 0.05) is 47.8 Å². The molecule has 0 aromatic heterocycles. The summed E-state index contributed by atoms with van der Waals surface area (Å²) >= 11 is 0. The van der Waals surface area contributed by atoms with E-state index in [2.05, 4.69) is 42.5 Å². The van der Waals surface area contributed by atoms with E-state index < -0.39 is 0 Å². The molecule has 0 amide bonds. The first-order valence-corrected chi connectivity index (χ1v) is 18.6. The van der Waals surface area contributed by atoms with E-state index in [4.69, 9.17) is 22.9 Å². The van der Waals surface area contributed by atoms with Gasteiger partial charge in [0.25, 0.3) is 0 Å². The Bertz CT molecular complexity index is 1050. The molecule has 5 aliphatic heterocycles. The maximum atomic E-state index is 6.96. The molecule has 9 fully saturated rings. The van der Waals surface area contributed by atoms with Gasteiger partial charge in [0.15, 0.2) is 0 Å². The number of hydrogen-bond donors (Lipinski definition) is 12. The number of hydrogen-bond acceptors (Lipinski definition) is 12. The average Bonchev–Trinajstić information content (AvgIpc) is 3.75. The van der Waals surface area contributed by atoms with Crippen molar-refractivity contribution in [3.05, 3.63) is 0 Å². The predicted octanol–water partition coefficient (Wildman–Crippen LogP) is -1.65. The van der Waals surface area contributed by atoms with Crippen molar-refractivity contribution >= 4 is 0 Å². The van der Waals surface area contributed by atoms with E-state index in [1.54, 1.807) is 0 Å². The molecule has 8 bridgehead atoms. The van der Waals surface area contributed by atoms with Crippen molar-refractivity contribution in [2.24, 2.45) is 70.3 Å². The Hall–Kier alpha value is -0.480. The van der Waals surface area contributed by atoms with Gasteiger partial charge in [0.1, 0.15) is 0 Å². The van der Waals surface area contributed by atoms with Crippen LogP contribution in [0.4, 0.5) is 0 Å². The summed E-state index contributed by atoms with van der Waals surface area (Å²) in [7, 11) is 0. The van der Waals surface area contributed by atoms with Gasteiger partial charge in [-0.25, -0.2) is 0 Å². The summed E-state index contributed by atoms with van der Waals surface area (Å²) in [6.45, 7) is 0. The number of nitrogens with one attached hydrogen (secondary N) is 8. The second-order valence-corrected chi connectivity index (χ2v) is 16.5. The normalized spacial score (nSPS) is 60.3. The monoisotopic (exact) mass is 613 g/mol. The minimum atomic E-state index is 0.106. The van der Waals surface area contributed by atoms with Crippen LogP contribution in [0, 0.1) is 47.3 Å². The molecule has 16 N–H and O–H groups in total. The van der Waals surface area contributed by atoms with Gasteiger partial charge in [-0.2, -0.15) is 0 Å². The lowest BCUT2D eigenvalue weighted by Gasteiger charge is -2.41. The van der Waals surface area contributed by atoms with Gasteiger partial charge < -0.3 is 22.9 Å². The van der Waals surface area contributed by atoms with Gasteiger partial charge >= 0.3 is 0 Å². The number of fused-ring (bicyclic) bond motifs is 20. The second-order valence-electron chi connectivity index (χ2n) is 16.5. The van der Waals surface area contributed by atoms with E-state index in [-0.39, 0.29) is 79.4 Å². The molecule has 248 valence electrons. The number of rotatable bonds is 0. The molecule has 4 saturated carbocycles. The molecule has 5 heterocycles. The molecule has 0 spiro atoms. The van der Waals surface area contributed by atoms with Crippen LogP contribution in [0.15, 0.2) is 0 Å². The molecule has 4 aliphatic carbocycles. The maximum Gasteiger partial charge on any atom is 0.0644 e. The van der Waals surface area contributed by atoms with Crippen molar-refractivity contribution in [1.82, 2.24) is 42.5 Å². The van der Waals surface area contributed by atoms with Crippen LogP contribution in [-0.4, -0.2) is 73.5 Å². The Morgan fingerprint density at radius 1 is 0.273 bits per heavy atom. The van der Waals surface area contributed by atoms with Gasteiger partial charge in [-0.1, -0.05) is 25.7 Å². The zero-order valence-electron chi connectivity index (χ0n) is 26.3. The maximum absolute atomic E-state index is 6.96. The highest BCUT2D eigenvalue weighted by molar-refractivity contribution is 5.12. The minimum absolute atomic E-state index is 0.106. The summed E-state index contributed by atoms with van der Waals surface area (Å²) in [6, 6.07) is 0.691. The van der Waals surface area contributed by atoms with E-state index in [1.165, 1.54) is 51.4 Å². The van der Waals surface area contributed by atoms with Crippen LogP contribution in [0.5, 0.6) is 0 Å². The second kappa shape index (κ2) is 11.6. The molecule has 0 radical (unpaired) electrons. The molecule has 20 unspecified atom stereocenters. The van der Waals surface area contributed by atoms with Crippen molar-refractivity contribution in [2.75, 3.05) is 0 Å². The number of nitrogens with two attached hydrogens (primary N) is 4. The summed E-state index contributed by atoms with van der Waals surface area (Å²) in [4.78, 5) is 0. The first kappa shape index (κ1) is 29.6. The van der Waals surface area contributed by atoms with E-state index in [0.717, 1.165) is 25.7 Å². The molecule has 9 rings (SSSR count). The zero-order chi connectivity index (χ0) is 29.7. The first-order valence-electron chi connectivity index (χ1n) is 18.6. The Labute approximate surface area is 263 Å². The summed E-state index contributed by atoms with van der Waals surface area (Å²) in [5, 5.41) is 32.9. The Morgan fingerprint density at radius 3 is 1.00 bits per heavy atom. The third kappa shape index (κ3) is 4.77. The molecule has 12 nitrogen and oxygen atoms in total. The van der Waals surface area contributed by atoms with Crippen molar-refractivity contribution < 1.29 is 0 Å². The summed E-state index contributed by atoms with van der Waals surface area (Å²) in [5.74, 6) is 3.58.